The standard InChI is InChI=1S/C21H21NO7/c23-19-17-6-1-2-7-18(17)20(24)22(19)12-4-3-5-16-13-26-21(27-16)14-8-10-15(11-9-14)28-29-25/h1-2,6-11,16,21,25H,3-5,12-13H2. The fourth-order valence-electron chi connectivity index (χ4n) is 3.58. The van der Waals surface area contributed by atoms with Gasteiger partial charge in [0.25, 0.3) is 11.8 Å². The van der Waals surface area contributed by atoms with Gasteiger partial charge < -0.3 is 14.4 Å². The number of carbonyl (C=O) groups excluding carboxylic acids is 2. The molecule has 2 amide bonds. The molecule has 2 aliphatic heterocycles. The zero-order chi connectivity index (χ0) is 20.2. The Labute approximate surface area is 167 Å². The first kappa shape index (κ1) is 19.5. The number of hydrogen-bond donors (Lipinski definition) is 1. The Kier molecular flexibility index (Phi) is 5.86. The van der Waals surface area contributed by atoms with Gasteiger partial charge in [0, 0.05) is 12.1 Å². The predicted octanol–water partition coefficient (Wildman–Crippen LogP) is 3.35. The largest absolute Gasteiger partial charge is 0.346 e. The van der Waals surface area contributed by atoms with E-state index in [0.717, 1.165) is 18.4 Å². The van der Waals surface area contributed by atoms with Crippen molar-refractivity contribution in [3.63, 3.8) is 0 Å². The Bertz CT molecular complexity index is 848. The van der Waals surface area contributed by atoms with Crippen molar-refractivity contribution in [2.24, 2.45) is 0 Å². The molecule has 0 bridgehead atoms. The normalized spacial score (nSPS) is 20.9. The zero-order valence-electron chi connectivity index (χ0n) is 15.7. The maximum atomic E-state index is 12.4. The molecule has 2 unspecified atom stereocenters. The molecule has 0 radical (unpaired) electrons. The monoisotopic (exact) mass is 399 g/mol. The van der Waals surface area contributed by atoms with E-state index in [4.69, 9.17) is 14.7 Å². The van der Waals surface area contributed by atoms with Gasteiger partial charge in [-0.3, -0.25) is 14.5 Å². The van der Waals surface area contributed by atoms with Crippen LogP contribution in [0.15, 0.2) is 48.5 Å². The third-order valence-corrected chi connectivity index (χ3v) is 5.07. The maximum Gasteiger partial charge on any atom is 0.261 e. The summed E-state index contributed by atoms with van der Waals surface area (Å²) >= 11 is 0. The number of benzene rings is 2. The molecule has 8 nitrogen and oxygen atoms in total. The van der Waals surface area contributed by atoms with Crippen LogP contribution >= 0.6 is 0 Å². The van der Waals surface area contributed by atoms with Crippen molar-refractivity contribution in [1.82, 2.24) is 4.90 Å². The minimum Gasteiger partial charge on any atom is -0.346 e. The SMILES string of the molecule is O=C1c2ccccc2C(=O)N1CCCCC1COC(c2ccc(OOO)cc2)O1. The van der Waals surface area contributed by atoms with Gasteiger partial charge in [-0.1, -0.05) is 24.3 Å². The van der Waals surface area contributed by atoms with Crippen LogP contribution in [0.5, 0.6) is 5.75 Å². The zero-order valence-corrected chi connectivity index (χ0v) is 15.7. The summed E-state index contributed by atoms with van der Waals surface area (Å²) in [6, 6.07) is 13.7. The van der Waals surface area contributed by atoms with Crippen LogP contribution < -0.4 is 4.89 Å². The summed E-state index contributed by atoms with van der Waals surface area (Å²) in [6.45, 7) is 0.882. The molecule has 2 aromatic carbocycles. The van der Waals surface area contributed by atoms with Crippen molar-refractivity contribution in [3.8, 4) is 5.75 Å². The average Bonchev–Trinajstić information content (AvgIpc) is 3.31. The molecule has 0 aromatic heterocycles. The van der Waals surface area contributed by atoms with Crippen LogP contribution in [-0.4, -0.2) is 41.2 Å². The Hall–Kier alpha value is -2.78. The van der Waals surface area contributed by atoms with Crippen molar-refractivity contribution >= 4 is 11.8 Å². The van der Waals surface area contributed by atoms with Gasteiger partial charge in [-0.15, -0.1) is 0 Å². The molecule has 2 aromatic rings. The lowest BCUT2D eigenvalue weighted by Crippen LogP contribution is -2.30. The van der Waals surface area contributed by atoms with Gasteiger partial charge in [0.2, 0.25) is 0 Å². The fraction of sp³-hybridized carbons (Fsp3) is 0.333. The number of imide groups is 1. The highest BCUT2D eigenvalue weighted by molar-refractivity contribution is 6.21. The molecule has 0 spiro atoms. The topological polar surface area (TPSA) is 94.5 Å². The molecule has 1 N–H and O–H groups in total. The number of nitrogens with zero attached hydrogens (tertiary/aromatic N) is 1. The first-order valence-corrected chi connectivity index (χ1v) is 9.47. The van der Waals surface area contributed by atoms with Crippen molar-refractivity contribution in [1.29, 1.82) is 0 Å². The lowest BCUT2D eigenvalue weighted by atomic mass is 10.1. The minimum absolute atomic E-state index is 0.0427. The molecule has 4 rings (SSSR count). The molecule has 2 atom stereocenters. The summed E-state index contributed by atoms with van der Waals surface area (Å²) in [5.74, 6) is -0.0748. The van der Waals surface area contributed by atoms with Crippen LogP contribution in [0.2, 0.25) is 0 Å². The van der Waals surface area contributed by atoms with Crippen LogP contribution in [0.3, 0.4) is 0 Å². The van der Waals surface area contributed by atoms with E-state index in [9.17, 15) is 9.59 Å². The highest BCUT2D eigenvalue weighted by atomic mass is 17.5. The third-order valence-electron chi connectivity index (χ3n) is 5.07. The number of amides is 2. The Morgan fingerprint density at radius 2 is 1.69 bits per heavy atom. The molecule has 29 heavy (non-hydrogen) atoms. The second kappa shape index (κ2) is 8.71. The molecule has 1 saturated heterocycles. The van der Waals surface area contributed by atoms with Crippen molar-refractivity contribution < 1.29 is 34.2 Å². The summed E-state index contributed by atoms with van der Waals surface area (Å²) in [5, 5.41) is 11.9. The number of hydrogen-bond acceptors (Lipinski definition) is 7. The Morgan fingerprint density at radius 1 is 1.00 bits per heavy atom. The van der Waals surface area contributed by atoms with Gasteiger partial charge in [0.15, 0.2) is 12.0 Å². The second-order valence-electron chi connectivity index (χ2n) is 6.95. The first-order chi connectivity index (χ1) is 14.2. The molecule has 0 saturated carbocycles. The predicted molar refractivity (Wildman–Crippen MR) is 100 cm³/mol. The quantitative estimate of drug-likeness (QED) is 0.315. The number of ether oxygens (including phenoxy) is 2. The molecular weight excluding hydrogens is 378 g/mol. The summed E-state index contributed by atoms with van der Waals surface area (Å²) in [7, 11) is 0. The summed E-state index contributed by atoms with van der Waals surface area (Å²) in [6.07, 6.45) is 1.80. The second-order valence-corrected chi connectivity index (χ2v) is 6.95. The summed E-state index contributed by atoms with van der Waals surface area (Å²) in [5.41, 5.74) is 1.80. The highest BCUT2D eigenvalue weighted by Crippen LogP contribution is 2.30. The lowest BCUT2D eigenvalue weighted by molar-refractivity contribution is -0.438. The van der Waals surface area contributed by atoms with Crippen molar-refractivity contribution in [3.05, 3.63) is 65.2 Å². The smallest absolute Gasteiger partial charge is 0.261 e. The van der Waals surface area contributed by atoms with Crippen LogP contribution in [0, 0.1) is 0 Å². The lowest BCUT2D eigenvalue weighted by Gasteiger charge is -2.15. The summed E-state index contributed by atoms with van der Waals surface area (Å²) in [4.78, 5) is 30.5. The number of rotatable bonds is 8. The van der Waals surface area contributed by atoms with Crippen molar-refractivity contribution in [2.45, 2.75) is 31.7 Å². The van der Waals surface area contributed by atoms with Gasteiger partial charge in [0.1, 0.15) is 0 Å². The average molecular weight is 399 g/mol. The van der Waals surface area contributed by atoms with E-state index < -0.39 is 6.29 Å². The van der Waals surface area contributed by atoms with E-state index in [1.54, 1.807) is 48.5 Å². The summed E-state index contributed by atoms with van der Waals surface area (Å²) < 4.78 is 11.6. The molecule has 8 heteroatoms. The number of unbranched alkanes of at least 4 members (excludes halogenated alkanes) is 1. The molecular formula is C21H21NO7. The molecule has 0 aliphatic carbocycles. The molecule has 2 aliphatic rings. The maximum absolute atomic E-state index is 12.4. The first-order valence-electron chi connectivity index (χ1n) is 9.47. The molecule has 152 valence electrons. The fourth-order valence-corrected chi connectivity index (χ4v) is 3.58. The van der Waals surface area contributed by atoms with E-state index in [1.807, 2.05) is 0 Å². The van der Waals surface area contributed by atoms with E-state index in [-0.39, 0.29) is 17.9 Å². The van der Waals surface area contributed by atoms with Gasteiger partial charge >= 0.3 is 0 Å². The molecule has 1 fully saturated rings. The number of carbonyl (C=O) groups is 2. The van der Waals surface area contributed by atoms with Gasteiger partial charge in [-0.2, -0.15) is 0 Å². The van der Waals surface area contributed by atoms with Crippen LogP contribution in [0.25, 0.3) is 0 Å². The van der Waals surface area contributed by atoms with E-state index in [0.29, 0.717) is 36.4 Å². The Morgan fingerprint density at radius 3 is 2.34 bits per heavy atom. The highest BCUT2D eigenvalue weighted by Gasteiger charge is 2.34. The van der Waals surface area contributed by atoms with E-state index >= 15 is 0 Å². The third kappa shape index (κ3) is 4.15. The van der Waals surface area contributed by atoms with Gasteiger partial charge in [-0.25, -0.2) is 5.26 Å². The Balaban J connectivity index is 1.21. The number of fused-ring (bicyclic) bond motifs is 1. The van der Waals surface area contributed by atoms with E-state index in [2.05, 4.69) is 9.93 Å². The molecule has 2 heterocycles. The van der Waals surface area contributed by atoms with Crippen LogP contribution in [-0.2, 0) is 14.5 Å². The minimum atomic E-state index is -0.458. The van der Waals surface area contributed by atoms with Crippen LogP contribution in [0.1, 0.15) is 51.8 Å². The van der Waals surface area contributed by atoms with Gasteiger partial charge in [0.05, 0.1) is 23.8 Å². The van der Waals surface area contributed by atoms with Crippen molar-refractivity contribution in [2.75, 3.05) is 13.2 Å². The van der Waals surface area contributed by atoms with Gasteiger partial charge in [-0.05, 0) is 48.6 Å². The van der Waals surface area contributed by atoms with Crippen LogP contribution in [0.4, 0.5) is 0 Å². The van der Waals surface area contributed by atoms with E-state index in [1.165, 1.54) is 4.90 Å².